The number of aryl methyl sites for hydroxylation is 1. The Kier molecular flexibility index (Phi) is 2.33. The molecule has 4 N–H and O–H groups in total. The monoisotopic (exact) mass is 166 g/mol. The van der Waals surface area contributed by atoms with Crippen molar-refractivity contribution in [2.24, 2.45) is 5.73 Å². The van der Waals surface area contributed by atoms with Crippen molar-refractivity contribution in [2.45, 2.75) is 6.92 Å². The highest BCUT2D eigenvalue weighted by molar-refractivity contribution is 5.67. The van der Waals surface area contributed by atoms with Gasteiger partial charge in [-0.15, -0.1) is 0 Å². The van der Waals surface area contributed by atoms with Gasteiger partial charge in [-0.25, -0.2) is 4.39 Å². The Morgan fingerprint density at radius 1 is 1.42 bits per heavy atom. The van der Waals surface area contributed by atoms with E-state index in [-0.39, 0.29) is 5.82 Å². The molecule has 1 aromatic carbocycles. The highest BCUT2D eigenvalue weighted by atomic mass is 19.1. The SMILES string of the molecule is Cc1ccc(F)c(/C=C\N)c1N. The number of hydrogen-bond donors (Lipinski definition) is 2. The molecule has 0 radical (unpaired) electrons. The van der Waals surface area contributed by atoms with E-state index in [0.29, 0.717) is 11.3 Å². The number of hydrogen-bond acceptors (Lipinski definition) is 2. The summed E-state index contributed by atoms with van der Waals surface area (Å²) < 4.78 is 13.0. The van der Waals surface area contributed by atoms with Crippen LogP contribution in [0.3, 0.4) is 0 Å². The quantitative estimate of drug-likeness (QED) is 0.623. The average Bonchev–Trinajstić information content (AvgIpc) is 2.06. The van der Waals surface area contributed by atoms with Crippen molar-refractivity contribution in [3.63, 3.8) is 0 Å². The number of benzene rings is 1. The molecule has 0 amide bonds. The van der Waals surface area contributed by atoms with Crippen LogP contribution in [0.5, 0.6) is 0 Å². The highest BCUT2D eigenvalue weighted by Crippen LogP contribution is 2.20. The fourth-order valence-electron chi connectivity index (χ4n) is 0.984. The van der Waals surface area contributed by atoms with Gasteiger partial charge in [-0.2, -0.15) is 0 Å². The third-order valence-corrected chi connectivity index (χ3v) is 1.71. The van der Waals surface area contributed by atoms with E-state index in [1.807, 2.05) is 6.92 Å². The molecule has 1 aromatic rings. The average molecular weight is 166 g/mol. The summed E-state index contributed by atoms with van der Waals surface area (Å²) >= 11 is 0. The second-order valence-corrected chi connectivity index (χ2v) is 2.55. The zero-order valence-corrected chi connectivity index (χ0v) is 6.84. The molecule has 0 saturated heterocycles. The second kappa shape index (κ2) is 3.26. The van der Waals surface area contributed by atoms with Gasteiger partial charge >= 0.3 is 0 Å². The van der Waals surface area contributed by atoms with E-state index in [1.165, 1.54) is 18.3 Å². The van der Waals surface area contributed by atoms with Crippen LogP contribution in [0.25, 0.3) is 6.08 Å². The van der Waals surface area contributed by atoms with Gasteiger partial charge in [0.15, 0.2) is 0 Å². The van der Waals surface area contributed by atoms with Crippen LogP contribution < -0.4 is 11.5 Å². The minimum atomic E-state index is -0.347. The fourth-order valence-corrected chi connectivity index (χ4v) is 0.984. The predicted octanol–water partition coefficient (Wildman–Crippen LogP) is 1.65. The Morgan fingerprint density at radius 2 is 2.08 bits per heavy atom. The topological polar surface area (TPSA) is 52.0 Å². The van der Waals surface area contributed by atoms with Gasteiger partial charge in [-0.3, -0.25) is 0 Å². The summed E-state index contributed by atoms with van der Waals surface area (Å²) in [6.07, 6.45) is 2.73. The Morgan fingerprint density at radius 3 is 2.67 bits per heavy atom. The molecule has 1 rings (SSSR count). The van der Waals surface area contributed by atoms with Crippen LogP contribution in [0.4, 0.5) is 10.1 Å². The molecular weight excluding hydrogens is 155 g/mol. The molecule has 0 heterocycles. The van der Waals surface area contributed by atoms with Crippen LogP contribution in [0, 0.1) is 12.7 Å². The molecule has 12 heavy (non-hydrogen) atoms. The zero-order valence-electron chi connectivity index (χ0n) is 6.84. The van der Waals surface area contributed by atoms with Crippen LogP contribution in [-0.4, -0.2) is 0 Å². The van der Waals surface area contributed by atoms with E-state index in [2.05, 4.69) is 0 Å². The minimum Gasteiger partial charge on any atom is -0.405 e. The van der Waals surface area contributed by atoms with Gasteiger partial charge in [0.1, 0.15) is 5.82 Å². The number of nitrogen functional groups attached to an aromatic ring is 1. The summed E-state index contributed by atoms with van der Waals surface area (Å²) in [4.78, 5) is 0. The van der Waals surface area contributed by atoms with Crippen molar-refractivity contribution in [2.75, 3.05) is 5.73 Å². The van der Waals surface area contributed by atoms with E-state index >= 15 is 0 Å². The van der Waals surface area contributed by atoms with Crippen molar-refractivity contribution in [3.05, 3.63) is 35.3 Å². The molecule has 0 fully saturated rings. The summed E-state index contributed by atoms with van der Waals surface area (Å²) in [5, 5.41) is 0. The predicted molar refractivity (Wildman–Crippen MR) is 48.8 cm³/mol. The molecule has 3 heteroatoms. The maximum absolute atomic E-state index is 13.0. The molecule has 0 saturated carbocycles. The van der Waals surface area contributed by atoms with E-state index in [4.69, 9.17) is 11.5 Å². The molecular formula is C9H11FN2. The van der Waals surface area contributed by atoms with Crippen molar-refractivity contribution in [1.29, 1.82) is 0 Å². The van der Waals surface area contributed by atoms with E-state index < -0.39 is 0 Å². The number of nitrogens with two attached hydrogens (primary N) is 2. The van der Waals surface area contributed by atoms with Gasteiger partial charge < -0.3 is 11.5 Å². The van der Waals surface area contributed by atoms with Gasteiger partial charge in [0.05, 0.1) is 0 Å². The van der Waals surface area contributed by atoms with Crippen LogP contribution in [-0.2, 0) is 0 Å². The van der Waals surface area contributed by atoms with Crippen LogP contribution in [0.1, 0.15) is 11.1 Å². The number of rotatable bonds is 1. The standard InChI is InChI=1S/C9H11FN2/c1-6-2-3-8(10)7(4-5-11)9(6)12/h2-5H,11-12H2,1H3/b5-4-. The Hall–Kier alpha value is -1.51. The lowest BCUT2D eigenvalue weighted by Crippen LogP contribution is -1.96. The van der Waals surface area contributed by atoms with Crippen LogP contribution in [0.2, 0.25) is 0 Å². The molecule has 0 aliphatic carbocycles. The molecule has 2 nitrogen and oxygen atoms in total. The number of anilines is 1. The lowest BCUT2D eigenvalue weighted by molar-refractivity contribution is 0.625. The molecule has 64 valence electrons. The van der Waals surface area contributed by atoms with Gasteiger partial charge in [0.25, 0.3) is 0 Å². The van der Waals surface area contributed by atoms with Gasteiger partial charge in [-0.05, 0) is 30.8 Å². The minimum absolute atomic E-state index is 0.347. The molecule has 0 unspecified atom stereocenters. The zero-order chi connectivity index (χ0) is 9.14. The Bertz CT molecular complexity index is 319. The fraction of sp³-hybridized carbons (Fsp3) is 0.111. The van der Waals surface area contributed by atoms with Crippen molar-refractivity contribution in [1.82, 2.24) is 0 Å². The summed E-state index contributed by atoms with van der Waals surface area (Å²) in [7, 11) is 0. The maximum atomic E-state index is 13.0. The summed E-state index contributed by atoms with van der Waals surface area (Å²) in [6.45, 7) is 1.82. The lowest BCUT2D eigenvalue weighted by atomic mass is 10.1. The molecule has 0 bridgehead atoms. The first kappa shape index (κ1) is 8.59. The first-order valence-electron chi connectivity index (χ1n) is 3.59. The first-order chi connectivity index (χ1) is 5.66. The Balaban J connectivity index is 3.32. The second-order valence-electron chi connectivity index (χ2n) is 2.55. The van der Waals surface area contributed by atoms with Gasteiger partial charge in [0.2, 0.25) is 0 Å². The van der Waals surface area contributed by atoms with Crippen molar-refractivity contribution in [3.8, 4) is 0 Å². The van der Waals surface area contributed by atoms with Crippen LogP contribution >= 0.6 is 0 Å². The molecule has 0 spiro atoms. The molecule has 0 aliphatic heterocycles. The summed E-state index contributed by atoms with van der Waals surface area (Å²) in [5.74, 6) is -0.347. The third-order valence-electron chi connectivity index (χ3n) is 1.71. The van der Waals surface area contributed by atoms with Crippen molar-refractivity contribution >= 4 is 11.8 Å². The maximum Gasteiger partial charge on any atom is 0.132 e. The molecule has 0 atom stereocenters. The van der Waals surface area contributed by atoms with Gasteiger partial charge in [0, 0.05) is 11.3 Å². The smallest absolute Gasteiger partial charge is 0.132 e. The van der Waals surface area contributed by atoms with E-state index in [1.54, 1.807) is 6.07 Å². The number of halogens is 1. The van der Waals surface area contributed by atoms with E-state index in [9.17, 15) is 4.39 Å². The summed E-state index contributed by atoms with van der Waals surface area (Å²) in [6, 6.07) is 3.01. The highest BCUT2D eigenvalue weighted by Gasteiger charge is 2.04. The van der Waals surface area contributed by atoms with Gasteiger partial charge in [-0.1, -0.05) is 6.07 Å². The Labute approximate surface area is 70.7 Å². The van der Waals surface area contributed by atoms with Crippen molar-refractivity contribution < 1.29 is 4.39 Å². The molecule has 0 aromatic heterocycles. The summed E-state index contributed by atoms with van der Waals surface area (Å²) in [5.41, 5.74) is 12.4. The normalized spacial score (nSPS) is 10.8. The lowest BCUT2D eigenvalue weighted by Gasteiger charge is -2.04. The third kappa shape index (κ3) is 1.39. The largest absolute Gasteiger partial charge is 0.405 e. The van der Waals surface area contributed by atoms with Crippen LogP contribution in [0.15, 0.2) is 18.3 Å². The molecule has 0 aliphatic rings. The first-order valence-corrected chi connectivity index (χ1v) is 3.59. The van der Waals surface area contributed by atoms with E-state index in [0.717, 1.165) is 5.56 Å².